The monoisotopic (exact) mass is 451 g/mol. The van der Waals surface area contributed by atoms with Crippen molar-refractivity contribution in [2.24, 2.45) is 0 Å². The smallest absolute Gasteiger partial charge is 0.268 e. The molecule has 0 aliphatic carbocycles. The molecule has 2 amide bonds. The van der Waals surface area contributed by atoms with Gasteiger partial charge in [0.25, 0.3) is 11.1 Å². The van der Waals surface area contributed by atoms with Crippen molar-refractivity contribution in [3.05, 3.63) is 99.4 Å². The highest BCUT2D eigenvalue weighted by molar-refractivity contribution is 8.18. The van der Waals surface area contributed by atoms with Crippen LogP contribution in [0.25, 0.3) is 6.08 Å². The van der Waals surface area contributed by atoms with Crippen LogP contribution in [0, 0.1) is 6.92 Å². The minimum Gasteiger partial charge on any atom is -0.268 e. The zero-order chi connectivity index (χ0) is 21.1. The highest BCUT2D eigenvalue weighted by Crippen LogP contribution is 2.34. The van der Waals surface area contributed by atoms with E-state index in [1.54, 1.807) is 30.0 Å². The lowest BCUT2D eigenvalue weighted by atomic mass is 10.2. The molecule has 3 nitrogen and oxygen atoms in total. The van der Waals surface area contributed by atoms with E-state index in [1.807, 2.05) is 36.4 Å². The predicted molar refractivity (Wildman–Crippen MR) is 125 cm³/mol. The van der Waals surface area contributed by atoms with E-state index in [2.05, 4.69) is 31.2 Å². The number of carbonyl (C=O) groups excluding carboxylic acids is 2. The average Bonchev–Trinajstić information content (AvgIpc) is 3.00. The van der Waals surface area contributed by atoms with Gasteiger partial charge < -0.3 is 0 Å². The van der Waals surface area contributed by atoms with E-state index in [9.17, 15) is 9.59 Å². The van der Waals surface area contributed by atoms with E-state index in [1.165, 1.54) is 15.4 Å². The molecule has 0 spiro atoms. The number of imide groups is 1. The fourth-order valence-electron chi connectivity index (χ4n) is 2.93. The summed E-state index contributed by atoms with van der Waals surface area (Å²) in [5.74, 6) is -0.266. The first-order valence-corrected chi connectivity index (χ1v) is 11.3. The van der Waals surface area contributed by atoms with E-state index >= 15 is 0 Å². The summed E-state index contributed by atoms with van der Waals surface area (Å²) in [6.45, 7) is 2.31. The van der Waals surface area contributed by atoms with Crippen molar-refractivity contribution in [1.82, 2.24) is 4.90 Å². The van der Waals surface area contributed by atoms with Crippen molar-refractivity contribution in [2.75, 3.05) is 0 Å². The lowest BCUT2D eigenvalue weighted by molar-refractivity contribution is -0.123. The number of thioether (sulfide) groups is 1. The Labute approximate surface area is 189 Å². The third-order valence-electron chi connectivity index (χ3n) is 4.56. The summed E-state index contributed by atoms with van der Waals surface area (Å²) < 4.78 is 0. The van der Waals surface area contributed by atoms with Crippen LogP contribution in [0.2, 0.25) is 5.02 Å². The Balaban J connectivity index is 1.45. The molecule has 0 N–H and O–H groups in total. The van der Waals surface area contributed by atoms with Gasteiger partial charge in [0.05, 0.1) is 11.4 Å². The number of rotatable bonds is 5. The lowest BCUT2D eigenvalue weighted by Crippen LogP contribution is -2.27. The van der Waals surface area contributed by atoms with Gasteiger partial charge in [-0.15, -0.1) is 0 Å². The van der Waals surface area contributed by atoms with Crippen molar-refractivity contribution in [3.63, 3.8) is 0 Å². The number of benzene rings is 3. The zero-order valence-electron chi connectivity index (χ0n) is 16.2. The maximum Gasteiger partial charge on any atom is 0.293 e. The molecule has 0 saturated carbocycles. The molecular formula is C24H18ClNO2S2. The van der Waals surface area contributed by atoms with Crippen LogP contribution in [0.15, 0.2) is 87.5 Å². The summed E-state index contributed by atoms with van der Waals surface area (Å²) >= 11 is 8.56. The van der Waals surface area contributed by atoms with Crippen molar-refractivity contribution in [2.45, 2.75) is 23.3 Å². The van der Waals surface area contributed by atoms with E-state index < -0.39 is 0 Å². The second kappa shape index (κ2) is 9.13. The zero-order valence-corrected chi connectivity index (χ0v) is 18.6. The van der Waals surface area contributed by atoms with Crippen LogP contribution in [0.5, 0.6) is 0 Å². The summed E-state index contributed by atoms with van der Waals surface area (Å²) in [4.78, 5) is 29.0. The first-order valence-electron chi connectivity index (χ1n) is 9.32. The molecule has 0 bridgehead atoms. The molecule has 4 rings (SSSR count). The Kier molecular flexibility index (Phi) is 6.32. The summed E-state index contributed by atoms with van der Waals surface area (Å²) in [6.07, 6.45) is 1.77. The molecule has 1 heterocycles. The average molecular weight is 452 g/mol. The maximum absolute atomic E-state index is 12.7. The molecule has 0 atom stereocenters. The fourth-order valence-corrected chi connectivity index (χ4v) is 4.72. The summed E-state index contributed by atoms with van der Waals surface area (Å²) in [6, 6.07) is 23.5. The molecule has 30 heavy (non-hydrogen) atoms. The minimum absolute atomic E-state index is 0.241. The van der Waals surface area contributed by atoms with Gasteiger partial charge in [0.15, 0.2) is 0 Å². The Morgan fingerprint density at radius 3 is 2.13 bits per heavy atom. The Morgan fingerprint density at radius 2 is 1.50 bits per heavy atom. The Hall–Kier alpha value is -2.47. The number of carbonyl (C=O) groups is 2. The van der Waals surface area contributed by atoms with Crippen molar-refractivity contribution in [3.8, 4) is 0 Å². The molecule has 1 aliphatic rings. The quantitative estimate of drug-likeness (QED) is 0.390. The predicted octanol–water partition coefficient (Wildman–Crippen LogP) is 7.04. The minimum atomic E-state index is -0.266. The van der Waals surface area contributed by atoms with Crippen LogP contribution in [0.3, 0.4) is 0 Å². The first-order chi connectivity index (χ1) is 14.5. The van der Waals surface area contributed by atoms with Crippen LogP contribution in [-0.2, 0) is 11.3 Å². The van der Waals surface area contributed by atoms with Gasteiger partial charge in [-0.2, -0.15) is 0 Å². The number of halogens is 1. The van der Waals surface area contributed by atoms with E-state index in [0.717, 1.165) is 27.8 Å². The molecule has 0 radical (unpaired) electrons. The van der Waals surface area contributed by atoms with Crippen molar-refractivity contribution < 1.29 is 9.59 Å². The molecule has 0 aromatic heterocycles. The van der Waals surface area contributed by atoms with Crippen molar-refractivity contribution in [1.29, 1.82) is 0 Å². The van der Waals surface area contributed by atoms with Crippen LogP contribution < -0.4 is 0 Å². The molecule has 150 valence electrons. The Bertz CT molecular complexity index is 1110. The standard InChI is InChI=1S/C24H18ClNO2S2/c1-16-2-10-20(11-3-16)29-21-12-6-17(7-13-21)14-22-23(27)26(24(28)30-22)15-18-4-8-19(25)9-5-18/h2-14H,15H2,1H3/b22-14-. The van der Waals surface area contributed by atoms with Gasteiger partial charge in [-0.25, -0.2) is 0 Å². The molecule has 1 saturated heterocycles. The third-order valence-corrected chi connectivity index (χ3v) is 6.74. The fraction of sp³-hybridized carbons (Fsp3) is 0.0833. The number of nitrogens with zero attached hydrogens (tertiary/aromatic N) is 1. The van der Waals surface area contributed by atoms with Crippen LogP contribution >= 0.6 is 35.1 Å². The number of aryl methyl sites for hydroxylation is 1. The maximum atomic E-state index is 12.7. The van der Waals surface area contributed by atoms with Gasteiger partial charge in [-0.3, -0.25) is 14.5 Å². The van der Waals surface area contributed by atoms with Crippen LogP contribution in [0.4, 0.5) is 4.79 Å². The molecular weight excluding hydrogens is 434 g/mol. The summed E-state index contributed by atoms with van der Waals surface area (Å²) in [5, 5.41) is 0.365. The van der Waals surface area contributed by atoms with Gasteiger partial charge in [0, 0.05) is 14.8 Å². The lowest BCUT2D eigenvalue weighted by Gasteiger charge is -2.12. The van der Waals surface area contributed by atoms with Gasteiger partial charge in [-0.05, 0) is 72.3 Å². The van der Waals surface area contributed by atoms with Crippen LogP contribution in [0.1, 0.15) is 16.7 Å². The molecule has 6 heteroatoms. The molecule has 3 aromatic rings. The summed E-state index contributed by atoms with van der Waals surface area (Å²) in [7, 11) is 0. The largest absolute Gasteiger partial charge is 0.293 e. The van der Waals surface area contributed by atoms with E-state index in [-0.39, 0.29) is 17.7 Å². The highest BCUT2D eigenvalue weighted by atomic mass is 35.5. The number of hydrogen-bond donors (Lipinski definition) is 0. The van der Waals surface area contributed by atoms with E-state index in [4.69, 9.17) is 11.6 Å². The summed E-state index contributed by atoms with van der Waals surface area (Å²) in [5.41, 5.74) is 2.99. The molecule has 3 aromatic carbocycles. The van der Waals surface area contributed by atoms with Gasteiger partial charge in [0.1, 0.15) is 0 Å². The normalized spacial score (nSPS) is 15.3. The Morgan fingerprint density at radius 1 is 0.900 bits per heavy atom. The topological polar surface area (TPSA) is 37.4 Å². The number of amides is 2. The second-order valence-corrected chi connectivity index (χ2v) is 9.46. The highest BCUT2D eigenvalue weighted by Gasteiger charge is 2.34. The van der Waals surface area contributed by atoms with Gasteiger partial charge in [-0.1, -0.05) is 65.3 Å². The SMILES string of the molecule is Cc1ccc(Sc2ccc(/C=C3\SC(=O)N(Cc4ccc(Cl)cc4)C3=O)cc2)cc1. The molecule has 0 unspecified atom stereocenters. The van der Waals surface area contributed by atoms with Crippen molar-refractivity contribution >= 4 is 52.3 Å². The second-order valence-electron chi connectivity index (χ2n) is 6.88. The third kappa shape index (κ3) is 4.98. The first kappa shape index (κ1) is 20.8. The molecule has 1 fully saturated rings. The van der Waals surface area contributed by atoms with Gasteiger partial charge in [0.2, 0.25) is 0 Å². The van der Waals surface area contributed by atoms with Crippen LogP contribution in [-0.4, -0.2) is 16.0 Å². The molecule has 1 aliphatic heterocycles. The van der Waals surface area contributed by atoms with E-state index in [0.29, 0.717) is 9.93 Å². The number of hydrogen-bond acceptors (Lipinski definition) is 4. The van der Waals surface area contributed by atoms with Gasteiger partial charge >= 0.3 is 0 Å².